The quantitative estimate of drug-likeness (QED) is 0.405. The third kappa shape index (κ3) is 4.15. The van der Waals surface area contributed by atoms with Crippen LogP contribution in [0.1, 0.15) is 21.7 Å². The summed E-state index contributed by atoms with van der Waals surface area (Å²) < 4.78 is 6.47. The number of ether oxygens (including phenoxy) is 1. The number of ketones is 1. The molecule has 0 bridgehead atoms. The highest BCUT2D eigenvalue weighted by Crippen LogP contribution is 2.18. The Morgan fingerprint density at radius 2 is 1.57 bits per heavy atom. The summed E-state index contributed by atoms with van der Waals surface area (Å²) in [6.07, 6.45) is 0. The van der Waals surface area contributed by atoms with E-state index in [-0.39, 0.29) is 5.56 Å². The van der Waals surface area contributed by atoms with Gasteiger partial charge < -0.3 is 10.1 Å². The van der Waals surface area contributed by atoms with Gasteiger partial charge in [-0.25, -0.2) is 9.48 Å². The maximum Gasteiger partial charge on any atom is 0.380 e. The maximum absolute atomic E-state index is 12.5. The van der Waals surface area contributed by atoms with E-state index >= 15 is 0 Å². The molecule has 0 saturated heterocycles. The van der Waals surface area contributed by atoms with E-state index in [1.807, 2.05) is 36.4 Å². The Labute approximate surface area is 161 Å². The number of hydrogen-bond donors (Lipinski definition) is 1. The molecule has 0 aliphatic rings. The van der Waals surface area contributed by atoms with Crippen LogP contribution >= 0.6 is 0 Å². The summed E-state index contributed by atoms with van der Waals surface area (Å²) in [7, 11) is 0. The number of anilines is 1. The molecule has 1 amide bonds. The molecule has 0 saturated carbocycles. The van der Waals surface area contributed by atoms with Crippen molar-refractivity contribution in [1.29, 1.82) is 0 Å². The number of amides is 1. The summed E-state index contributed by atoms with van der Waals surface area (Å²) in [5, 5.41) is 6.92. The molecule has 7 heteroatoms. The molecule has 0 spiro atoms. The number of rotatable bonds is 6. The van der Waals surface area contributed by atoms with E-state index in [0.29, 0.717) is 17.1 Å². The Hall–Kier alpha value is -3.74. The molecule has 3 rings (SSSR count). The number of para-hydroxylation sites is 2. The van der Waals surface area contributed by atoms with Crippen molar-refractivity contribution in [1.82, 2.24) is 9.78 Å². The first-order valence-corrected chi connectivity index (χ1v) is 8.65. The van der Waals surface area contributed by atoms with Gasteiger partial charge in [0.1, 0.15) is 0 Å². The number of nitrogens with one attached hydrogen (secondary N) is 1. The molecule has 1 N–H and O–H groups in total. The number of esters is 1. The third-order valence-electron chi connectivity index (χ3n) is 4.10. The van der Waals surface area contributed by atoms with E-state index in [1.165, 1.54) is 0 Å². The van der Waals surface area contributed by atoms with Crippen molar-refractivity contribution in [2.45, 2.75) is 13.8 Å². The molecular weight excluding hydrogens is 358 g/mol. The minimum atomic E-state index is -1.10. The molecule has 1 aromatic heterocycles. The van der Waals surface area contributed by atoms with E-state index in [4.69, 9.17) is 4.74 Å². The second-order valence-electron chi connectivity index (χ2n) is 6.11. The zero-order chi connectivity index (χ0) is 20.1. The lowest BCUT2D eigenvalue weighted by atomic mass is 10.1. The normalized spacial score (nSPS) is 10.4. The highest BCUT2D eigenvalue weighted by molar-refractivity contribution is 6.41. The monoisotopic (exact) mass is 377 g/mol. The number of benzene rings is 2. The van der Waals surface area contributed by atoms with Crippen LogP contribution in [-0.4, -0.2) is 34.0 Å². The van der Waals surface area contributed by atoms with Gasteiger partial charge in [0, 0.05) is 5.69 Å². The Bertz CT molecular complexity index is 1010. The van der Waals surface area contributed by atoms with Crippen molar-refractivity contribution >= 4 is 23.3 Å². The first-order valence-electron chi connectivity index (χ1n) is 8.65. The smallest absolute Gasteiger partial charge is 0.380 e. The molecule has 2 aromatic carbocycles. The summed E-state index contributed by atoms with van der Waals surface area (Å²) in [5.41, 5.74) is 2.47. The molecule has 0 aliphatic carbocycles. The number of hydrogen-bond acceptors (Lipinski definition) is 5. The molecule has 0 fully saturated rings. The minimum Gasteiger partial charge on any atom is -0.450 e. The van der Waals surface area contributed by atoms with Crippen LogP contribution in [0.4, 0.5) is 5.69 Å². The maximum atomic E-state index is 12.5. The lowest BCUT2D eigenvalue weighted by Gasteiger charge is -2.07. The summed E-state index contributed by atoms with van der Waals surface area (Å²) in [6.45, 7) is 2.80. The topological polar surface area (TPSA) is 90.3 Å². The molecule has 0 unspecified atom stereocenters. The van der Waals surface area contributed by atoms with Crippen molar-refractivity contribution in [3.05, 3.63) is 77.6 Å². The van der Waals surface area contributed by atoms with Gasteiger partial charge in [-0.1, -0.05) is 36.4 Å². The number of carbonyl (C=O) groups excluding carboxylic acids is 3. The Balaban J connectivity index is 1.68. The van der Waals surface area contributed by atoms with E-state index in [0.717, 1.165) is 5.69 Å². The highest BCUT2D eigenvalue weighted by atomic mass is 16.5. The number of carbonyl (C=O) groups is 3. The van der Waals surface area contributed by atoms with Gasteiger partial charge in [0.25, 0.3) is 11.7 Å². The van der Waals surface area contributed by atoms with Crippen LogP contribution in [0, 0.1) is 13.8 Å². The summed E-state index contributed by atoms with van der Waals surface area (Å²) in [5.74, 6) is -2.45. The molecule has 142 valence electrons. The van der Waals surface area contributed by atoms with E-state index in [1.54, 1.807) is 42.8 Å². The molecule has 1 heterocycles. The van der Waals surface area contributed by atoms with Gasteiger partial charge in [0.2, 0.25) is 0 Å². The van der Waals surface area contributed by atoms with Crippen molar-refractivity contribution in [2.24, 2.45) is 0 Å². The van der Waals surface area contributed by atoms with Gasteiger partial charge in [0.15, 0.2) is 6.61 Å². The summed E-state index contributed by atoms with van der Waals surface area (Å²) in [4.78, 5) is 36.6. The van der Waals surface area contributed by atoms with Gasteiger partial charge in [-0.15, -0.1) is 0 Å². The standard InChI is InChI=1S/C21H19N3O4/c1-14-19(15(2)24(23-14)17-11-7-4-8-12-17)20(26)21(27)28-13-18(25)22-16-9-5-3-6-10-16/h3-12H,13H2,1-2H3,(H,22,25). The van der Waals surface area contributed by atoms with Crippen LogP contribution in [0.3, 0.4) is 0 Å². The van der Waals surface area contributed by atoms with Crippen molar-refractivity contribution < 1.29 is 19.1 Å². The third-order valence-corrected chi connectivity index (χ3v) is 4.10. The predicted molar refractivity (Wildman–Crippen MR) is 103 cm³/mol. The van der Waals surface area contributed by atoms with Gasteiger partial charge >= 0.3 is 5.97 Å². The fourth-order valence-electron chi connectivity index (χ4n) is 2.81. The van der Waals surface area contributed by atoms with Crippen LogP contribution in [0.2, 0.25) is 0 Å². The molecular formula is C21H19N3O4. The average Bonchev–Trinajstić information content (AvgIpc) is 3.01. The molecule has 3 aromatic rings. The van der Waals surface area contributed by atoms with E-state index in [2.05, 4.69) is 10.4 Å². The second-order valence-corrected chi connectivity index (χ2v) is 6.11. The molecule has 0 aliphatic heterocycles. The van der Waals surface area contributed by atoms with Crippen LogP contribution in [0.25, 0.3) is 5.69 Å². The Morgan fingerprint density at radius 1 is 0.964 bits per heavy atom. The summed E-state index contributed by atoms with van der Waals surface area (Å²) >= 11 is 0. The van der Waals surface area contributed by atoms with Crippen LogP contribution in [-0.2, 0) is 14.3 Å². The number of Topliss-reactive ketones (excluding diaryl/α,β-unsaturated/α-hetero) is 1. The zero-order valence-corrected chi connectivity index (χ0v) is 15.5. The summed E-state index contributed by atoms with van der Waals surface area (Å²) in [6, 6.07) is 18.0. The van der Waals surface area contributed by atoms with E-state index in [9.17, 15) is 14.4 Å². The molecule has 0 radical (unpaired) electrons. The zero-order valence-electron chi connectivity index (χ0n) is 15.5. The van der Waals surface area contributed by atoms with Gasteiger partial charge in [-0.3, -0.25) is 9.59 Å². The van der Waals surface area contributed by atoms with Crippen molar-refractivity contribution in [2.75, 3.05) is 11.9 Å². The van der Waals surface area contributed by atoms with Gasteiger partial charge in [-0.05, 0) is 38.1 Å². The van der Waals surface area contributed by atoms with Crippen LogP contribution < -0.4 is 5.32 Å². The van der Waals surface area contributed by atoms with Gasteiger partial charge in [-0.2, -0.15) is 5.10 Å². The predicted octanol–water partition coefficient (Wildman–Crippen LogP) is 2.85. The lowest BCUT2D eigenvalue weighted by Crippen LogP contribution is -2.25. The molecule has 7 nitrogen and oxygen atoms in total. The Morgan fingerprint density at radius 3 is 2.21 bits per heavy atom. The van der Waals surface area contributed by atoms with Crippen molar-refractivity contribution in [3.8, 4) is 5.69 Å². The fraction of sp³-hybridized carbons (Fsp3) is 0.143. The van der Waals surface area contributed by atoms with Crippen LogP contribution in [0.15, 0.2) is 60.7 Å². The minimum absolute atomic E-state index is 0.178. The molecule has 28 heavy (non-hydrogen) atoms. The second kappa shape index (κ2) is 8.30. The van der Waals surface area contributed by atoms with Crippen molar-refractivity contribution in [3.63, 3.8) is 0 Å². The fourth-order valence-corrected chi connectivity index (χ4v) is 2.81. The molecule has 0 atom stereocenters. The average molecular weight is 377 g/mol. The highest BCUT2D eigenvalue weighted by Gasteiger charge is 2.26. The first-order chi connectivity index (χ1) is 13.5. The lowest BCUT2D eigenvalue weighted by molar-refractivity contribution is -0.142. The number of aryl methyl sites for hydroxylation is 1. The SMILES string of the molecule is Cc1nn(-c2ccccc2)c(C)c1C(=O)C(=O)OCC(=O)Nc1ccccc1. The number of nitrogens with zero attached hydrogens (tertiary/aromatic N) is 2. The van der Waals surface area contributed by atoms with Gasteiger partial charge in [0.05, 0.1) is 22.6 Å². The Kier molecular flexibility index (Phi) is 5.64. The van der Waals surface area contributed by atoms with Crippen LogP contribution in [0.5, 0.6) is 0 Å². The number of aromatic nitrogens is 2. The largest absolute Gasteiger partial charge is 0.450 e. The van der Waals surface area contributed by atoms with E-state index < -0.39 is 24.3 Å². The first kappa shape index (κ1) is 19.0.